The van der Waals surface area contributed by atoms with E-state index in [1.807, 2.05) is 28.8 Å². The Morgan fingerprint density at radius 2 is 2.04 bits per heavy atom. The summed E-state index contributed by atoms with van der Waals surface area (Å²) in [6, 6.07) is 7.72. The van der Waals surface area contributed by atoms with E-state index in [1.54, 1.807) is 20.2 Å². The predicted octanol–water partition coefficient (Wildman–Crippen LogP) is 1.88. The molecule has 0 bridgehead atoms. The molecule has 0 radical (unpaired) electrons. The van der Waals surface area contributed by atoms with E-state index in [4.69, 9.17) is 9.72 Å². The van der Waals surface area contributed by atoms with E-state index in [1.165, 1.54) is 9.13 Å². The molecule has 28 heavy (non-hydrogen) atoms. The van der Waals surface area contributed by atoms with Crippen LogP contribution in [0.15, 0.2) is 46.5 Å². The molecule has 1 aliphatic heterocycles. The third-order valence-corrected chi connectivity index (χ3v) is 5.13. The van der Waals surface area contributed by atoms with Crippen LogP contribution in [0.5, 0.6) is 5.75 Å². The minimum Gasteiger partial charge on any atom is -0.495 e. The summed E-state index contributed by atoms with van der Waals surface area (Å²) in [5.41, 5.74) is 0.963. The minimum atomic E-state index is -0.398. The van der Waals surface area contributed by atoms with Gasteiger partial charge in [0.25, 0.3) is 5.56 Å². The molecule has 1 aliphatic rings. The van der Waals surface area contributed by atoms with Gasteiger partial charge in [0.15, 0.2) is 11.2 Å². The maximum Gasteiger partial charge on any atom is 0.332 e. The number of rotatable bonds is 4. The number of benzene rings is 1. The first-order valence-corrected chi connectivity index (χ1v) is 9.19. The highest BCUT2D eigenvalue weighted by atomic mass is 16.5. The Kier molecular flexibility index (Phi) is 4.33. The minimum absolute atomic E-state index is 0.160. The number of aromatic nitrogens is 4. The van der Waals surface area contributed by atoms with Crippen LogP contribution in [-0.2, 0) is 20.1 Å². The maximum absolute atomic E-state index is 13.1. The Labute approximate surface area is 161 Å². The molecule has 0 amide bonds. The lowest BCUT2D eigenvalue weighted by molar-refractivity contribution is 0.409. The number of allylic oxidation sites excluding steroid dienone is 1. The van der Waals surface area contributed by atoms with Gasteiger partial charge in [-0.3, -0.25) is 13.9 Å². The van der Waals surface area contributed by atoms with Gasteiger partial charge < -0.3 is 14.2 Å². The van der Waals surface area contributed by atoms with E-state index in [-0.39, 0.29) is 18.0 Å². The molecule has 2 aromatic heterocycles. The highest BCUT2D eigenvalue weighted by Crippen LogP contribution is 2.37. The number of hydrogen-bond donors (Lipinski definition) is 0. The van der Waals surface area contributed by atoms with Gasteiger partial charge >= 0.3 is 5.69 Å². The molecule has 8 heteroatoms. The number of methoxy groups -OCH3 is 1. The normalized spacial score (nSPS) is 16.2. The molecule has 0 spiro atoms. The zero-order valence-corrected chi connectivity index (χ0v) is 16.3. The van der Waals surface area contributed by atoms with Crippen LogP contribution in [0, 0.1) is 5.92 Å². The fourth-order valence-corrected chi connectivity index (χ4v) is 3.85. The smallest absolute Gasteiger partial charge is 0.332 e. The summed E-state index contributed by atoms with van der Waals surface area (Å²) in [6.07, 6.45) is 1.55. The lowest BCUT2D eigenvalue weighted by Crippen LogP contribution is -2.40. The first kappa shape index (κ1) is 18.1. The zero-order valence-electron chi connectivity index (χ0n) is 16.3. The highest BCUT2D eigenvalue weighted by Gasteiger charge is 2.30. The fourth-order valence-electron chi connectivity index (χ4n) is 3.85. The number of anilines is 2. The average Bonchev–Trinajstić information content (AvgIpc) is 3.08. The number of ether oxygens (including phenoxy) is 1. The summed E-state index contributed by atoms with van der Waals surface area (Å²) < 4.78 is 10.1. The van der Waals surface area contributed by atoms with Gasteiger partial charge in [-0.15, -0.1) is 6.58 Å². The van der Waals surface area contributed by atoms with Crippen LogP contribution in [0.1, 0.15) is 6.92 Å². The molecule has 3 aromatic rings. The molecule has 8 nitrogen and oxygen atoms in total. The van der Waals surface area contributed by atoms with Crippen LogP contribution in [-0.4, -0.2) is 32.3 Å². The lowest BCUT2D eigenvalue weighted by Gasteiger charge is -2.33. The van der Waals surface area contributed by atoms with Gasteiger partial charge in [0.05, 0.1) is 12.8 Å². The number of nitrogens with zero attached hydrogens (tertiary/aromatic N) is 5. The first-order valence-electron chi connectivity index (χ1n) is 9.19. The quantitative estimate of drug-likeness (QED) is 0.645. The number of aryl methyl sites for hydroxylation is 1. The van der Waals surface area contributed by atoms with Crippen molar-refractivity contribution in [2.24, 2.45) is 13.0 Å². The maximum atomic E-state index is 13.1. The van der Waals surface area contributed by atoms with Crippen molar-refractivity contribution in [1.82, 2.24) is 18.7 Å². The van der Waals surface area contributed by atoms with E-state index in [0.29, 0.717) is 23.7 Å². The second kappa shape index (κ2) is 6.70. The Balaban J connectivity index is 2.04. The summed E-state index contributed by atoms with van der Waals surface area (Å²) in [5.74, 6) is 1.65. The van der Waals surface area contributed by atoms with Gasteiger partial charge in [-0.05, 0) is 18.1 Å². The summed E-state index contributed by atoms with van der Waals surface area (Å²) in [7, 11) is 3.27. The van der Waals surface area contributed by atoms with Crippen molar-refractivity contribution < 1.29 is 4.74 Å². The van der Waals surface area contributed by atoms with Crippen molar-refractivity contribution in [2.45, 2.75) is 20.0 Å². The van der Waals surface area contributed by atoms with E-state index < -0.39 is 5.69 Å². The summed E-state index contributed by atoms with van der Waals surface area (Å²) in [4.78, 5) is 32.5. The van der Waals surface area contributed by atoms with Gasteiger partial charge in [0, 0.05) is 26.7 Å². The van der Waals surface area contributed by atoms with Crippen molar-refractivity contribution in [2.75, 3.05) is 18.6 Å². The van der Waals surface area contributed by atoms with Gasteiger partial charge in [0.2, 0.25) is 5.95 Å². The van der Waals surface area contributed by atoms with Gasteiger partial charge in [-0.2, -0.15) is 4.98 Å². The third-order valence-electron chi connectivity index (χ3n) is 5.13. The van der Waals surface area contributed by atoms with E-state index in [2.05, 4.69) is 18.4 Å². The molecule has 0 unspecified atom stereocenters. The predicted molar refractivity (Wildman–Crippen MR) is 109 cm³/mol. The standard InChI is InChI=1S/C20H23N5O3/c1-5-10-23-18(26)16-17(22(3)20(23)27)21-19-24(11-13(2)12-25(16)19)14-8-6-7-9-15(14)28-4/h5-9,13H,1,10-12H2,2-4H3/t13-/m0/s1. The van der Waals surface area contributed by atoms with Gasteiger partial charge in [-0.25, -0.2) is 4.79 Å². The number of fused-ring (bicyclic) bond motifs is 3. The zero-order chi connectivity index (χ0) is 20.0. The third kappa shape index (κ3) is 2.56. The molecular formula is C20H23N5O3. The van der Waals surface area contributed by atoms with E-state index in [0.717, 1.165) is 18.0 Å². The molecule has 1 atom stereocenters. The molecule has 4 rings (SSSR count). The second-order valence-electron chi connectivity index (χ2n) is 7.13. The van der Waals surface area contributed by atoms with E-state index in [9.17, 15) is 9.59 Å². The first-order chi connectivity index (χ1) is 13.5. The Morgan fingerprint density at radius 1 is 1.29 bits per heavy atom. The topological polar surface area (TPSA) is 74.3 Å². The van der Waals surface area contributed by atoms with Crippen LogP contribution in [0.3, 0.4) is 0 Å². The van der Waals surface area contributed by atoms with Crippen molar-refractivity contribution in [1.29, 1.82) is 0 Å². The number of imidazole rings is 1. The summed E-state index contributed by atoms with van der Waals surface area (Å²) in [6.45, 7) is 7.33. The molecule has 0 aliphatic carbocycles. The number of para-hydroxylation sites is 2. The monoisotopic (exact) mass is 381 g/mol. The average molecular weight is 381 g/mol. The molecule has 0 saturated carbocycles. The summed E-state index contributed by atoms with van der Waals surface area (Å²) >= 11 is 0. The molecule has 0 fully saturated rings. The Morgan fingerprint density at radius 3 is 2.75 bits per heavy atom. The van der Waals surface area contributed by atoms with Crippen LogP contribution >= 0.6 is 0 Å². The van der Waals surface area contributed by atoms with Gasteiger partial charge in [0.1, 0.15) is 5.75 Å². The van der Waals surface area contributed by atoms with Crippen molar-refractivity contribution in [3.05, 3.63) is 57.8 Å². The molecular weight excluding hydrogens is 358 g/mol. The van der Waals surface area contributed by atoms with Gasteiger partial charge in [-0.1, -0.05) is 25.1 Å². The SMILES string of the molecule is C=CCn1c(=O)c2c(nc3n2C[C@@H](C)CN3c2ccccc2OC)n(C)c1=O. The van der Waals surface area contributed by atoms with Crippen molar-refractivity contribution in [3.8, 4) is 5.75 Å². The molecule has 1 aromatic carbocycles. The molecule has 146 valence electrons. The van der Waals surface area contributed by atoms with Crippen molar-refractivity contribution in [3.63, 3.8) is 0 Å². The molecule has 3 heterocycles. The van der Waals surface area contributed by atoms with Crippen LogP contribution in [0.4, 0.5) is 11.6 Å². The second-order valence-corrected chi connectivity index (χ2v) is 7.13. The van der Waals surface area contributed by atoms with Crippen LogP contribution in [0.25, 0.3) is 11.2 Å². The Hall–Kier alpha value is -3.29. The fraction of sp³-hybridized carbons (Fsp3) is 0.350. The summed E-state index contributed by atoms with van der Waals surface area (Å²) in [5, 5.41) is 0. The largest absolute Gasteiger partial charge is 0.495 e. The van der Waals surface area contributed by atoms with Crippen LogP contribution in [0.2, 0.25) is 0 Å². The lowest BCUT2D eigenvalue weighted by atomic mass is 10.1. The van der Waals surface area contributed by atoms with Crippen LogP contribution < -0.4 is 20.9 Å². The van der Waals surface area contributed by atoms with Crippen molar-refractivity contribution >= 4 is 22.8 Å². The number of hydrogen-bond acceptors (Lipinski definition) is 5. The highest BCUT2D eigenvalue weighted by molar-refractivity contribution is 5.78. The van der Waals surface area contributed by atoms with E-state index >= 15 is 0 Å². The molecule has 0 N–H and O–H groups in total. The Bertz CT molecular complexity index is 1190. The molecule has 0 saturated heterocycles.